The molecular formula is C30H30N6O3. The number of benzene rings is 2. The van der Waals surface area contributed by atoms with E-state index in [4.69, 9.17) is 5.11 Å². The molecule has 0 aliphatic heterocycles. The van der Waals surface area contributed by atoms with Gasteiger partial charge in [-0.05, 0) is 53.3 Å². The second kappa shape index (κ2) is 10.2. The number of aryl methyl sites for hydroxylation is 1. The van der Waals surface area contributed by atoms with Crippen LogP contribution in [0.25, 0.3) is 33.5 Å². The zero-order valence-electron chi connectivity index (χ0n) is 22.3. The fourth-order valence-corrected chi connectivity index (χ4v) is 4.49. The predicted molar refractivity (Wildman–Crippen MR) is 149 cm³/mol. The molecule has 3 heterocycles. The zero-order valence-corrected chi connectivity index (χ0v) is 22.3. The van der Waals surface area contributed by atoms with Gasteiger partial charge >= 0.3 is 5.97 Å². The van der Waals surface area contributed by atoms with Gasteiger partial charge in [-0.25, -0.2) is 9.97 Å². The van der Waals surface area contributed by atoms with Crippen molar-refractivity contribution in [3.63, 3.8) is 0 Å². The van der Waals surface area contributed by atoms with Crippen LogP contribution < -0.4 is 5.32 Å². The van der Waals surface area contributed by atoms with Crippen LogP contribution in [-0.2, 0) is 23.3 Å². The van der Waals surface area contributed by atoms with Crippen molar-refractivity contribution >= 4 is 22.9 Å². The minimum atomic E-state index is -0.956. The number of nitrogens with zero attached hydrogens (tertiary/aromatic N) is 4. The maximum Gasteiger partial charge on any atom is 0.325 e. The molecule has 0 radical (unpaired) electrons. The van der Waals surface area contributed by atoms with Gasteiger partial charge in [0.25, 0.3) is 5.91 Å². The van der Waals surface area contributed by atoms with Crippen LogP contribution in [0.1, 0.15) is 47.8 Å². The van der Waals surface area contributed by atoms with E-state index >= 15 is 0 Å². The largest absolute Gasteiger partial charge is 0.480 e. The summed E-state index contributed by atoms with van der Waals surface area (Å²) < 4.78 is 1.37. The average molecular weight is 523 g/mol. The highest BCUT2D eigenvalue weighted by molar-refractivity contribution is 5.95. The first-order chi connectivity index (χ1) is 18.6. The van der Waals surface area contributed by atoms with Crippen molar-refractivity contribution in [2.75, 3.05) is 0 Å². The van der Waals surface area contributed by atoms with E-state index in [9.17, 15) is 9.59 Å². The van der Waals surface area contributed by atoms with E-state index in [1.807, 2.05) is 49.4 Å². The number of amides is 1. The monoisotopic (exact) mass is 522 g/mol. The molecule has 3 aromatic heterocycles. The first-order valence-electron chi connectivity index (χ1n) is 12.7. The second-order valence-corrected chi connectivity index (χ2v) is 10.6. The summed E-state index contributed by atoms with van der Waals surface area (Å²) in [6, 6.07) is 15.7. The Bertz CT molecular complexity index is 1680. The molecule has 2 aromatic carbocycles. The van der Waals surface area contributed by atoms with Gasteiger partial charge in [0.05, 0.1) is 17.6 Å². The summed E-state index contributed by atoms with van der Waals surface area (Å²) in [5.41, 5.74) is 7.83. The number of carbonyl (C=O) groups excluding carboxylic acids is 1. The van der Waals surface area contributed by atoms with Crippen molar-refractivity contribution in [3.8, 4) is 22.5 Å². The van der Waals surface area contributed by atoms with E-state index in [-0.39, 0.29) is 17.9 Å². The molecule has 0 unspecified atom stereocenters. The summed E-state index contributed by atoms with van der Waals surface area (Å²) in [7, 11) is 0. The van der Waals surface area contributed by atoms with Crippen LogP contribution in [0.15, 0.2) is 67.3 Å². The summed E-state index contributed by atoms with van der Waals surface area (Å²) in [4.78, 5) is 35.9. The summed E-state index contributed by atoms with van der Waals surface area (Å²) in [6.45, 7) is 8.67. The molecule has 0 saturated carbocycles. The summed E-state index contributed by atoms with van der Waals surface area (Å²) >= 11 is 0. The Hall–Kier alpha value is -4.79. The van der Waals surface area contributed by atoms with Crippen molar-refractivity contribution in [2.45, 2.75) is 46.2 Å². The lowest BCUT2D eigenvalue weighted by Gasteiger charge is -2.19. The number of carboxylic acids is 1. The summed E-state index contributed by atoms with van der Waals surface area (Å²) in [5.74, 6) is -1.06. The highest BCUT2D eigenvalue weighted by atomic mass is 16.4. The van der Waals surface area contributed by atoms with Crippen LogP contribution in [0, 0.1) is 6.92 Å². The molecule has 0 fully saturated rings. The summed E-state index contributed by atoms with van der Waals surface area (Å²) in [5, 5.41) is 17.0. The van der Waals surface area contributed by atoms with E-state index in [2.05, 4.69) is 52.2 Å². The lowest BCUT2D eigenvalue weighted by Crippen LogP contribution is -2.23. The Morgan fingerprint density at radius 3 is 2.49 bits per heavy atom. The average Bonchev–Trinajstić information content (AvgIpc) is 3.54. The Morgan fingerprint density at radius 1 is 1.03 bits per heavy atom. The molecular weight excluding hydrogens is 492 g/mol. The molecule has 0 atom stereocenters. The van der Waals surface area contributed by atoms with Crippen LogP contribution in [0.2, 0.25) is 0 Å². The van der Waals surface area contributed by atoms with Gasteiger partial charge in [0.2, 0.25) is 0 Å². The molecule has 0 saturated heterocycles. The highest BCUT2D eigenvalue weighted by Gasteiger charge is 2.16. The van der Waals surface area contributed by atoms with Crippen molar-refractivity contribution in [2.24, 2.45) is 0 Å². The van der Waals surface area contributed by atoms with Crippen molar-refractivity contribution < 1.29 is 14.7 Å². The van der Waals surface area contributed by atoms with Gasteiger partial charge in [-0.3, -0.25) is 14.3 Å². The number of hydrogen-bond donors (Lipinski definition) is 3. The third kappa shape index (κ3) is 5.57. The van der Waals surface area contributed by atoms with Gasteiger partial charge in [-0.15, -0.1) is 0 Å². The maximum atomic E-state index is 12.7. The zero-order chi connectivity index (χ0) is 27.7. The molecule has 0 spiro atoms. The van der Waals surface area contributed by atoms with Crippen LogP contribution in [0.5, 0.6) is 0 Å². The number of carbonyl (C=O) groups is 2. The Kier molecular flexibility index (Phi) is 6.74. The Balaban J connectivity index is 1.33. The minimum Gasteiger partial charge on any atom is -0.480 e. The van der Waals surface area contributed by atoms with Gasteiger partial charge in [-0.1, -0.05) is 45.0 Å². The lowest BCUT2D eigenvalue weighted by molar-refractivity contribution is -0.137. The molecule has 9 nitrogen and oxygen atoms in total. The van der Waals surface area contributed by atoms with E-state index in [0.29, 0.717) is 17.8 Å². The number of aliphatic carboxylic acids is 1. The van der Waals surface area contributed by atoms with Crippen molar-refractivity contribution in [1.82, 2.24) is 30.0 Å². The lowest BCUT2D eigenvalue weighted by atomic mass is 9.87. The molecule has 3 N–H and O–H groups in total. The van der Waals surface area contributed by atoms with Crippen molar-refractivity contribution in [1.29, 1.82) is 0 Å². The van der Waals surface area contributed by atoms with Crippen LogP contribution in [-0.4, -0.2) is 41.7 Å². The highest BCUT2D eigenvalue weighted by Crippen LogP contribution is 2.30. The molecule has 1 amide bonds. The molecule has 0 bridgehead atoms. The number of rotatable bonds is 7. The van der Waals surface area contributed by atoms with Gasteiger partial charge in [0.1, 0.15) is 18.5 Å². The predicted octanol–water partition coefficient (Wildman–Crippen LogP) is 5.11. The fraction of sp³-hybridized carbons (Fsp3) is 0.233. The van der Waals surface area contributed by atoms with E-state index in [0.717, 1.165) is 39.0 Å². The smallest absolute Gasteiger partial charge is 0.325 e. The molecule has 5 rings (SSSR count). The number of fused-ring (bicyclic) bond motifs is 1. The molecule has 198 valence electrons. The molecule has 39 heavy (non-hydrogen) atoms. The van der Waals surface area contributed by atoms with Crippen molar-refractivity contribution in [3.05, 3.63) is 89.5 Å². The van der Waals surface area contributed by atoms with Gasteiger partial charge < -0.3 is 15.4 Å². The van der Waals surface area contributed by atoms with Crippen LogP contribution in [0.3, 0.4) is 0 Å². The van der Waals surface area contributed by atoms with Gasteiger partial charge in [-0.2, -0.15) is 5.10 Å². The van der Waals surface area contributed by atoms with Crippen LogP contribution in [0.4, 0.5) is 0 Å². The fourth-order valence-electron chi connectivity index (χ4n) is 4.49. The third-order valence-corrected chi connectivity index (χ3v) is 6.74. The first-order valence-corrected chi connectivity index (χ1v) is 12.7. The van der Waals surface area contributed by atoms with E-state index in [1.165, 1.54) is 16.6 Å². The normalized spacial score (nSPS) is 11.6. The van der Waals surface area contributed by atoms with Crippen LogP contribution >= 0.6 is 0 Å². The summed E-state index contributed by atoms with van der Waals surface area (Å²) in [6.07, 6.45) is 4.81. The molecule has 9 heteroatoms. The van der Waals surface area contributed by atoms with Gasteiger partial charge in [0.15, 0.2) is 0 Å². The third-order valence-electron chi connectivity index (χ3n) is 6.74. The van der Waals surface area contributed by atoms with Gasteiger partial charge in [0, 0.05) is 34.8 Å². The second-order valence-electron chi connectivity index (χ2n) is 10.6. The number of H-pyrrole nitrogens is 1. The Morgan fingerprint density at radius 2 is 1.79 bits per heavy atom. The number of nitrogens with one attached hydrogen (secondary N) is 2. The minimum absolute atomic E-state index is 0.0380. The molecule has 0 aliphatic carbocycles. The standard InChI is InChI=1S/C30H30N6O3/c1-18-11-20(5-6-21(18)13-31-29(39)19-7-9-23(10-8-19)30(2,3)4)27-24-12-25(35-28(24)33-17-32-27)22-14-34-36(15-22)16-26(37)38/h5-12,14-15,17H,13,16H2,1-4H3,(H,31,39)(H,37,38)(H,32,33,35). The van der Waals surface area contributed by atoms with E-state index in [1.54, 1.807) is 12.4 Å². The number of aromatic amines is 1. The Labute approximate surface area is 225 Å². The number of carboxylic acid groups (broad SMARTS) is 1. The SMILES string of the molecule is Cc1cc(-c2ncnc3[nH]c(-c4cnn(CC(=O)O)c4)cc23)ccc1CNC(=O)c1ccc(C(C)(C)C)cc1. The quantitative estimate of drug-likeness (QED) is 0.273. The maximum absolute atomic E-state index is 12.7. The number of hydrogen-bond acceptors (Lipinski definition) is 5. The topological polar surface area (TPSA) is 126 Å². The molecule has 0 aliphatic rings. The first kappa shape index (κ1) is 25.8. The number of aromatic nitrogens is 5. The molecule has 5 aromatic rings. The van der Waals surface area contributed by atoms with E-state index < -0.39 is 5.97 Å².